The van der Waals surface area contributed by atoms with Crippen molar-refractivity contribution in [2.75, 3.05) is 6.61 Å². The Labute approximate surface area is 140 Å². The highest BCUT2D eigenvalue weighted by atomic mass is 16.3. The highest BCUT2D eigenvalue weighted by molar-refractivity contribution is 5.17. The SMILES string of the molecule is CC1(C)[C@@H](O)CC[C@@]2(C)[C@H]1CC[C@@]13C[C@@H](CC[C@@H]12)[C@@](O)(CO)C3. The fourth-order valence-corrected chi connectivity index (χ4v) is 8.02. The minimum atomic E-state index is -0.832. The van der Waals surface area contributed by atoms with Crippen LogP contribution in [0.5, 0.6) is 0 Å². The minimum absolute atomic E-state index is 0.00263. The van der Waals surface area contributed by atoms with Crippen LogP contribution < -0.4 is 0 Å². The molecule has 0 aromatic carbocycles. The van der Waals surface area contributed by atoms with Crippen molar-refractivity contribution in [3.63, 3.8) is 0 Å². The zero-order valence-corrected chi connectivity index (χ0v) is 15.0. The van der Waals surface area contributed by atoms with Crippen LogP contribution in [-0.2, 0) is 0 Å². The topological polar surface area (TPSA) is 60.7 Å². The summed E-state index contributed by atoms with van der Waals surface area (Å²) in [6.45, 7) is 6.94. The van der Waals surface area contributed by atoms with Gasteiger partial charge in [-0.05, 0) is 85.4 Å². The molecule has 3 nitrogen and oxygen atoms in total. The zero-order chi connectivity index (χ0) is 16.7. The molecule has 1 spiro atoms. The van der Waals surface area contributed by atoms with E-state index in [-0.39, 0.29) is 29.0 Å². The summed E-state index contributed by atoms with van der Waals surface area (Å²) in [5.74, 6) is 1.53. The summed E-state index contributed by atoms with van der Waals surface area (Å²) in [5, 5.41) is 31.3. The second-order valence-corrected chi connectivity index (χ2v) is 10.3. The maximum atomic E-state index is 10.9. The second-order valence-electron chi connectivity index (χ2n) is 10.3. The van der Waals surface area contributed by atoms with Crippen LogP contribution in [0.25, 0.3) is 0 Å². The molecule has 132 valence electrons. The van der Waals surface area contributed by atoms with Gasteiger partial charge in [0.05, 0.1) is 18.3 Å². The largest absolute Gasteiger partial charge is 0.393 e. The van der Waals surface area contributed by atoms with Gasteiger partial charge in [0.1, 0.15) is 0 Å². The van der Waals surface area contributed by atoms with Crippen molar-refractivity contribution in [2.45, 2.75) is 83.8 Å². The average molecular weight is 322 g/mol. The molecule has 3 N–H and O–H groups in total. The predicted octanol–water partition coefficient (Wildman–Crippen LogP) is 3.11. The van der Waals surface area contributed by atoms with Gasteiger partial charge in [0.2, 0.25) is 0 Å². The first-order valence-electron chi connectivity index (χ1n) is 9.69. The summed E-state index contributed by atoms with van der Waals surface area (Å²) in [7, 11) is 0. The molecule has 23 heavy (non-hydrogen) atoms. The molecular weight excluding hydrogens is 288 g/mol. The van der Waals surface area contributed by atoms with E-state index in [0.29, 0.717) is 17.8 Å². The fraction of sp³-hybridized carbons (Fsp3) is 1.00. The molecule has 0 aromatic heterocycles. The van der Waals surface area contributed by atoms with Crippen LogP contribution in [0.2, 0.25) is 0 Å². The lowest BCUT2D eigenvalue weighted by molar-refractivity contribution is -0.180. The van der Waals surface area contributed by atoms with E-state index in [1.165, 1.54) is 19.3 Å². The van der Waals surface area contributed by atoms with E-state index in [1.54, 1.807) is 0 Å². The van der Waals surface area contributed by atoms with Gasteiger partial charge in [0.15, 0.2) is 0 Å². The molecule has 4 aliphatic rings. The molecule has 4 saturated carbocycles. The van der Waals surface area contributed by atoms with Gasteiger partial charge < -0.3 is 15.3 Å². The van der Waals surface area contributed by atoms with E-state index in [2.05, 4.69) is 20.8 Å². The smallest absolute Gasteiger partial charge is 0.0910 e. The molecular formula is C20H34O3. The zero-order valence-electron chi connectivity index (χ0n) is 15.0. The maximum Gasteiger partial charge on any atom is 0.0910 e. The van der Waals surface area contributed by atoms with Crippen molar-refractivity contribution in [3.8, 4) is 0 Å². The molecule has 3 heteroatoms. The summed E-state index contributed by atoms with van der Waals surface area (Å²) in [4.78, 5) is 0. The molecule has 0 aliphatic heterocycles. The van der Waals surface area contributed by atoms with Gasteiger partial charge in [-0.2, -0.15) is 0 Å². The van der Waals surface area contributed by atoms with Crippen molar-refractivity contribution in [2.24, 2.45) is 34.0 Å². The predicted molar refractivity (Wildman–Crippen MR) is 89.8 cm³/mol. The average Bonchev–Trinajstić information content (AvgIpc) is 2.70. The molecule has 0 amide bonds. The van der Waals surface area contributed by atoms with Crippen LogP contribution in [0, 0.1) is 34.0 Å². The Kier molecular flexibility index (Phi) is 3.37. The van der Waals surface area contributed by atoms with Gasteiger partial charge >= 0.3 is 0 Å². The van der Waals surface area contributed by atoms with Crippen LogP contribution in [0.1, 0.15) is 72.1 Å². The summed E-state index contributed by atoms with van der Waals surface area (Å²) < 4.78 is 0. The first kappa shape index (κ1) is 16.4. The third-order valence-electron chi connectivity index (χ3n) is 9.12. The highest BCUT2D eigenvalue weighted by Crippen LogP contribution is 2.72. The molecule has 4 rings (SSSR count). The van der Waals surface area contributed by atoms with Gasteiger partial charge in [0.25, 0.3) is 0 Å². The van der Waals surface area contributed by atoms with Gasteiger partial charge in [-0.15, -0.1) is 0 Å². The molecule has 4 fully saturated rings. The third-order valence-corrected chi connectivity index (χ3v) is 9.12. The number of hydrogen-bond acceptors (Lipinski definition) is 3. The lowest BCUT2D eigenvalue weighted by atomic mass is 9.41. The number of fused-ring (bicyclic) bond motifs is 3. The normalized spacial score (nSPS) is 57.7. The summed E-state index contributed by atoms with van der Waals surface area (Å²) >= 11 is 0. The van der Waals surface area contributed by atoms with E-state index in [0.717, 1.165) is 32.1 Å². The molecule has 0 saturated heterocycles. The monoisotopic (exact) mass is 322 g/mol. The van der Waals surface area contributed by atoms with Crippen molar-refractivity contribution in [3.05, 3.63) is 0 Å². The standard InChI is InChI=1S/C20H34O3/c1-17(2)14-6-9-19-10-13(20(23,11-19)12-21)4-5-15(19)18(14,3)8-7-16(17)22/h13-16,21-23H,4-12H2,1-3H3/t13-,14+,15-,16+,18+,19+,20+/m1/s1. The summed E-state index contributed by atoms with van der Waals surface area (Å²) in [6, 6.07) is 0. The number of aliphatic hydroxyl groups is 3. The van der Waals surface area contributed by atoms with Crippen molar-refractivity contribution < 1.29 is 15.3 Å². The first-order chi connectivity index (χ1) is 10.7. The third kappa shape index (κ3) is 1.93. The molecule has 4 aliphatic carbocycles. The van der Waals surface area contributed by atoms with E-state index in [4.69, 9.17) is 0 Å². The first-order valence-corrected chi connectivity index (χ1v) is 9.69. The molecule has 0 heterocycles. The number of aliphatic hydroxyl groups excluding tert-OH is 2. The molecule has 0 unspecified atom stereocenters. The van der Waals surface area contributed by atoms with Gasteiger partial charge in [-0.25, -0.2) is 0 Å². The van der Waals surface area contributed by atoms with Gasteiger partial charge in [0, 0.05) is 0 Å². The Morgan fingerprint density at radius 1 is 0.957 bits per heavy atom. The van der Waals surface area contributed by atoms with Crippen molar-refractivity contribution in [1.82, 2.24) is 0 Å². The molecule has 7 atom stereocenters. The van der Waals surface area contributed by atoms with E-state index >= 15 is 0 Å². The number of rotatable bonds is 1. The number of hydrogen-bond donors (Lipinski definition) is 3. The lowest BCUT2D eigenvalue weighted by Crippen LogP contribution is -2.59. The van der Waals surface area contributed by atoms with Crippen LogP contribution in [0.3, 0.4) is 0 Å². The fourth-order valence-electron chi connectivity index (χ4n) is 8.02. The molecule has 2 bridgehead atoms. The van der Waals surface area contributed by atoms with E-state index in [1.807, 2.05) is 0 Å². The Morgan fingerprint density at radius 2 is 1.70 bits per heavy atom. The van der Waals surface area contributed by atoms with Gasteiger partial charge in [-0.1, -0.05) is 20.8 Å². The highest BCUT2D eigenvalue weighted by Gasteiger charge is 2.67. The summed E-state index contributed by atoms with van der Waals surface area (Å²) in [5.41, 5.74) is -0.310. The molecule has 0 aromatic rings. The van der Waals surface area contributed by atoms with Gasteiger partial charge in [-0.3, -0.25) is 0 Å². The maximum absolute atomic E-state index is 10.9. The van der Waals surface area contributed by atoms with Crippen LogP contribution in [0.15, 0.2) is 0 Å². The Morgan fingerprint density at radius 3 is 2.39 bits per heavy atom. The van der Waals surface area contributed by atoms with Crippen LogP contribution in [0.4, 0.5) is 0 Å². The lowest BCUT2D eigenvalue weighted by Gasteiger charge is -2.64. The van der Waals surface area contributed by atoms with Crippen molar-refractivity contribution in [1.29, 1.82) is 0 Å². The Hall–Kier alpha value is -0.120. The minimum Gasteiger partial charge on any atom is -0.393 e. The van der Waals surface area contributed by atoms with Crippen LogP contribution in [-0.4, -0.2) is 33.6 Å². The van der Waals surface area contributed by atoms with E-state index in [9.17, 15) is 15.3 Å². The van der Waals surface area contributed by atoms with E-state index < -0.39 is 5.60 Å². The quantitative estimate of drug-likeness (QED) is 0.695. The van der Waals surface area contributed by atoms with Crippen molar-refractivity contribution >= 4 is 0 Å². The Bertz CT molecular complexity index is 503. The summed E-state index contributed by atoms with van der Waals surface area (Å²) in [6.07, 6.45) is 8.39. The molecule has 0 radical (unpaired) electrons. The second kappa shape index (κ2) is 4.74. The Balaban J connectivity index is 1.72. The van der Waals surface area contributed by atoms with Crippen LogP contribution >= 0.6 is 0 Å².